The van der Waals surface area contributed by atoms with Crippen LogP contribution in [-0.4, -0.2) is 46.6 Å². The SMILES string of the molecule is CC(CCC(=O)O)N1CCCSCC1. The second kappa shape index (κ2) is 6.30. The number of hydrogen-bond acceptors (Lipinski definition) is 3. The second-order valence-electron chi connectivity index (χ2n) is 3.78. The molecule has 0 radical (unpaired) electrons. The van der Waals surface area contributed by atoms with Gasteiger partial charge in [-0.05, 0) is 32.1 Å². The molecule has 0 spiro atoms. The van der Waals surface area contributed by atoms with E-state index in [1.54, 1.807) is 0 Å². The van der Waals surface area contributed by atoms with Crippen LogP contribution in [0.4, 0.5) is 0 Å². The Morgan fingerprint density at radius 1 is 1.50 bits per heavy atom. The van der Waals surface area contributed by atoms with Crippen LogP contribution in [0.15, 0.2) is 0 Å². The number of carboxylic acid groups (broad SMARTS) is 1. The molecule has 0 amide bonds. The summed E-state index contributed by atoms with van der Waals surface area (Å²) in [6.45, 7) is 4.39. The molecular weight excluding hydrogens is 198 g/mol. The first-order chi connectivity index (χ1) is 6.70. The average molecular weight is 217 g/mol. The lowest BCUT2D eigenvalue weighted by molar-refractivity contribution is -0.137. The van der Waals surface area contributed by atoms with Gasteiger partial charge in [0.1, 0.15) is 0 Å². The summed E-state index contributed by atoms with van der Waals surface area (Å²) in [5, 5.41) is 8.59. The highest BCUT2D eigenvalue weighted by Crippen LogP contribution is 2.14. The van der Waals surface area contributed by atoms with Crippen molar-refractivity contribution in [1.82, 2.24) is 4.90 Å². The van der Waals surface area contributed by atoms with Gasteiger partial charge in [0.15, 0.2) is 0 Å². The molecule has 14 heavy (non-hydrogen) atoms. The Balaban J connectivity index is 2.26. The number of aliphatic carboxylic acids is 1. The lowest BCUT2D eigenvalue weighted by Crippen LogP contribution is -2.35. The Morgan fingerprint density at radius 2 is 2.29 bits per heavy atom. The number of rotatable bonds is 4. The number of carboxylic acids is 1. The van der Waals surface area contributed by atoms with Crippen molar-refractivity contribution in [2.75, 3.05) is 24.6 Å². The third kappa shape index (κ3) is 4.33. The van der Waals surface area contributed by atoms with E-state index in [1.807, 2.05) is 11.8 Å². The van der Waals surface area contributed by atoms with Crippen LogP contribution < -0.4 is 0 Å². The molecule has 1 aliphatic rings. The molecule has 0 aromatic heterocycles. The van der Waals surface area contributed by atoms with Gasteiger partial charge in [-0.1, -0.05) is 0 Å². The minimum atomic E-state index is -0.680. The van der Waals surface area contributed by atoms with Gasteiger partial charge in [0.25, 0.3) is 0 Å². The minimum Gasteiger partial charge on any atom is -0.481 e. The molecule has 82 valence electrons. The fourth-order valence-electron chi connectivity index (χ4n) is 1.72. The molecule has 0 saturated carbocycles. The summed E-state index contributed by atoms with van der Waals surface area (Å²) in [4.78, 5) is 12.9. The van der Waals surface area contributed by atoms with E-state index in [0.717, 1.165) is 19.5 Å². The zero-order valence-corrected chi connectivity index (χ0v) is 9.55. The molecule has 4 heteroatoms. The summed E-state index contributed by atoms with van der Waals surface area (Å²) in [6, 6.07) is 0.421. The number of carbonyl (C=O) groups is 1. The third-order valence-electron chi connectivity index (χ3n) is 2.66. The highest BCUT2D eigenvalue weighted by Gasteiger charge is 2.16. The largest absolute Gasteiger partial charge is 0.481 e. The standard InChI is InChI=1S/C10H19NO2S/c1-9(3-4-10(12)13)11-5-2-7-14-8-6-11/h9H,2-8H2,1H3,(H,12,13). The maximum absolute atomic E-state index is 10.4. The molecule has 0 aromatic carbocycles. The average Bonchev–Trinajstić information content (AvgIpc) is 2.42. The molecular formula is C10H19NO2S. The van der Waals surface area contributed by atoms with Crippen LogP contribution in [0.1, 0.15) is 26.2 Å². The molecule has 0 bridgehead atoms. The lowest BCUT2D eigenvalue weighted by atomic mass is 10.1. The van der Waals surface area contributed by atoms with Gasteiger partial charge in [0.05, 0.1) is 0 Å². The van der Waals surface area contributed by atoms with Gasteiger partial charge >= 0.3 is 5.97 Å². The Morgan fingerprint density at radius 3 is 3.00 bits per heavy atom. The summed E-state index contributed by atoms with van der Waals surface area (Å²) in [5.74, 6) is 1.76. The smallest absolute Gasteiger partial charge is 0.303 e. The van der Waals surface area contributed by atoms with Gasteiger partial charge in [-0.15, -0.1) is 0 Å². The normalized spacial score (nSPS) is 21.5. The topological polar surface area (TPSA) is 40.5 Å². The Labute approximate surface area is 89.9 Å². The van der Waals surface area contributed by atoms with Gasteiger partial charge in [0, 0.05) is 24.8 Å². The molecule has 0 aromatic rings. The van der Waals surface area contributed by atoms with Crippen LogP contribution in [-0.2, 0) is 4.79 Å². The maximum Gasteiger partial charge on any atom is 0.303 e. The number of hydrogen-bond donors (Lipinski definition) is 1. The number of thioether (sulfide) groups is 1. The Bertz CT molecular complexity index is 179. The summed E-state index contributed by atoms with van der Waals surface area (Å²) >= 11 is 2.00. The molecule has 1 rings (SSSR count). The van der Waals surface area contributed by atoms with Crippen molar-refractivity contribution in [3.63, 3.8) is 0 Å². The molecule has 1 saturated heterocycles. The van der Waals surface area contributed by atoms with Crippen molar-refractivity contribution in [3.8, 4) is 0 Å². The predicted octanol–water partition coefficient (Wildman–Crippen LogP) is 1.68. The molecule has 3 nitrogen and oxygen atoms in total. The van der Waals surface area contributed by atoms with Crippen molar-refractivity contribution >= 4 is 17.7 Å². The van der Waals surface area contributed by atoms with Crippen LogP contribution in [0.25, 0.3) is 0 Å². The molecule has 1 unspecified atom stereocenters. The molecule has 1 heterocycles. The van der Waals surface area contributed by atoms with Gasteiger partial charge < -0.3 is 5.11 Å². The summed E-state index contributed by atoms with van der Waals surface area (Å²) < 4.78 is 0. The van der Waals surface area contributed by atoms with Crippen LogP contribution in [0.2, 0.25) is 0 Å². The second-order valence-corrected chi connectivity index (χ2v) is 5.01. The van der Waals surface area contributed by atoms with E-state index in [2.05, 4.69) is 11.8 Å². The Kier molecular flexibility index (Phi) is 5.33. The van der Waals surface area contributed by atoms with Gasteiger partial charge in [-0.25, -0.2) is 0 Å². The van der Waals surface area contributed by atoms with Crippen molar-refractivity contribution in [2.24, 2.45) is 0 Å². The fraction of sp³-hybridized carbons (Fsp3) is 0.900. The van der Waals surface area contributed by atoms with Gasteiger partial charge in [-0.3, -0.25) is 9.69 Å². The quantitative estimate of drug-likeness (QED) is 0.778. The molecule has 1 aliphatic heterocycles. The van der Waals surface area contributed by atoms with Crippen molar-refractivity contribution in [2.45, 2.75) is 32.2 Å². The van der Waals surface area contributed by atoms with Gasteiger partial charge in [0.2, 0.25) is 0 Å². The minimum absolute atomic E-state index is 0.296. The van der Waals surface area contributed by atoms with Crippen LogP contribution in [0.5, 0.6) is 0 Å². The third-order valence-corrected chi connectivity index (χ3v) is 3.70. The van der Waals surface area contributed by atoms with E-state index in [0.29, 0.717) is 12.5 Å². The highest BCUT2D eigenvalue weighted by atomic mass is 32.2. The summed E-state index contributed by atoms with van der Waals surface area (Å²) in [5.41, 5.74) is 0. The van der Waals surface area contributed by atoms with Crippen molar-refractivity contribution in [3.05, 3.63) is 0 Å². The van der Waals surface area contributed by atoms with Crippen LogP contribution in [0.3, 0.4) is 0 Å². The zero-order valence-electron chi connectivity index (χ0n) is 8.74. The fourth-order valence-corrected chi connectivity index (χ4v) is 2.62. The Hall–Kier alpha value is -0.220. The van der Waals surface area contributed by atoms with Crippen LogP contribution >= 0.6 is 11.8 Å². The number of nitrogens with zero attached hydrogens (tertiary/aromatic N) is 1. The first kappa shape index (κ1) is 11.9. The van der Waals surface area contributed by atoms with Gasteiger partial charge in [-0.2, -0.15) is 11.8 Å². The highest BCUT2D eigenvalue weighted by molar-refractivity contribution is 7.99. The van der Waals surface area contributed by atoms with E-state index < -0.39 is 5.97 Å². The van der Waals surface area contributed by atoms with Crippen LogP contribution in [0, 0.1) is 0 Å². The van der Waals surface area contributed by atoms with E-state index in [9.17, 15) is 4.79 Å². The molecule has 1 fully saturated rings. The maximum atomic E-state index is 10.4. The summed E-state index contributed by atoms with van der Waals surface area (Å²) in [6.07, 6.45) is 2.31. The van der Waals surface area contributed by atoms with Crippen molar-refractivity contribution in [1.29, 1.82) is 0 Å². The lowest BCUT2D eigenvalue weighted by Gasteiger charge is -2.26. The van der Waals surface area contributed by atoms with Crippen molar-refractivity contribution < 1.29 is 9.90 Å². The van der Waals surface area contributed by atoms with E-state index in [1.165, 1.54) is 17.9 Å². The molecule has 1 atom stereocenters. The first-order valence-corrected chi connectivity index (χ1v) is 6.39. The van der Waals surface area contributed by atoms with E-state index in [4.69, 9.17) is 5.11 Å². The molecule has 1 N–H and O–H groups in total. The van der Waals surface area contributed by atoms with E-state index >= 15 is 0 Å². The molecule has 0 aliphatic carbocycles. The predicted molar refractivity (Wildman–Crippen MR) is 59.8 cm³/mol. The zero-order chi connectivity index (χ0) is 10.4. The summed E-state index contributed by atoms with van der Waals surface area (Å²) in [7, 11) is 0. The first-order valence-electron chi connectivity index (χ1n) is 5.23. The monoisotopic (exact) mass is 217 g/mol. The van der Waals surface area contributed by atoms with E-state index in [-0.39, 0.29) is 0 Å².